The van der Waals surface area contributed by atoms with Crippen molar-refractivity contribution in [2.75, 3.05) is 14.2 Å². The third kappa shape index (κ3) is 3.63. The Morgan fingerprint density at radius 2 is 2.22 bits per heavy atom. The van der Waals surface area contributed by atoms with E-state index in [2.05, 4.69) is 5.32 Å². The molecule has 0 aliphatic heterocycles. The number of aliphatic carboxylic acids is 1. The summed E-state index contributed by atoms with van der Waals surface area (Å²) in [5, 5.41) is 12.0. The van der Waals surface area contributed by atoms with Gasteiger partial charge in [-0.2, -0.15) is 0 Å². The van der Waals surface area contributed by atoms with E-state index in [0.717, 1.165) is 11.3 Å². The lowest BCUT2D eigenvalue weighted by Crippen LogP contribution is -2.26. The molecule has 0 aliphatic rings. The largest absolute Gasteiger partial charge is 0.497 e. The maximum atomic E-state index is 11.0. The van der Waals surface area contributed by atoms with Crippen LogP contribution in [0.25, 0.3) is 0 Å². The van der Waals surface area contributed by atoms with Gasteiger partial charge in [-0.25, -0.2) is 4.79 Å². The molecule has 1 unspecified atom stereocenters. The Kier molecular flexibility index (Phi) is 5.45. The first kappa shape index (κ1) is 14.3. The van der Waals surface area contributed by atoms with Gasteiger partial charge in [0.1, 0.15) is 11.5 Å². The number of ether oxygens (including phenoxy) is 2. The van der Waals surface area contributed by atoms with E-state index in [1.807, 2.05) is 13.1 Å². The summed E-state index contributed by atoms with van der Waals surface area (Å²) < 4.78 is 10.6. The highest BCUT2D eigenvalue weighted by atomic mass is 16.5. The quantitative estimate of drug-likeness (QED) is 0.773. The molecule has 0 saturated heterocycles. The van der Waals surface area contributed by atoms with E-state index < -0.39 is 12.1 Å². The van der Waals surface area contributed by atoms with E-state index in [-0.39, 0.29) is 0 Å². The van der Waals surface area contributed by atoms with Gasteiger partial charge >= 0.3 is 5.97 Å². The molecule has 5 heteroatoms. The molecule has 0 aromatic heterocycles. The summed E-state index contributed by atoms with van der Waals surface area (Å²) in [6.07, 6.45) is -0.408. The summed E-state index contributed by atoms with van der Waals surface area (Å²) in [7, 11) is 3.41. The van der Waals surface area contributed by atoms with E-state index >= 15 is 0 Å². The van der Waals surface area contributed by atoms with Crippen molar-refractivity contribution in [1.29, 1.82) is 0 Å². The van der Waals surface area contributed by atoms with Crippen molar-refractivity contribution < 1.29 is 19.4 Å². The minimum atomic E-state index is -0.955. The number of benzene rings is 1. The normalized spacial score (nSPS) is 11.9. The number of carbonyl (C=O) groups is 1. The summed E-state index contributed by atoms with van der Waals surface area (Å²) >= 11 is 0. The second-order valence-corrected chi connectivity index (χ2v) is 3.86. The zero-order chi connectivity index (χ0) is 13.5. The molecule has 1 atom stereocenters. The fourth-order valence-corrected chi connectivity index (χ4v) is 1.59. The molecular formula is C13H19NO4. The van der Waals surface area contributed by atoms with E-state index in [1.54, 1.807) is 26.2 Å². The van der Waals surface area contributed by atoms with Crippen LogP contribution in [0.3, 0.4) is 0 Å². The lowest BCUT2D eigenvalue weighted by molar-refractivity contribution is -0.145. The summed E-state index contributed by atoms with van der Waals surface area (Å²) in [5.74, 6) is 0.332. The van der Waals surface area contributed by atoms with Crippen molar-refractivity contribution in [3.63, 3.8) is 0 Å². The number of nitrogens with one attached hydrogen (secondary N) is 1. The number of hydrogen-bond donors (Lipinski definition) is 2. The van der Waals surface area contributed by atoms with Gasteiger partial charge in [0.15, 0.2) is 6.10 Å². The average molecular weight is 253 g/mol. The van der Waals surface area contributed by atoms with Gasteiger partial charge in [0, 0.05) is 12.1 Å². The third-order valence-corrected chi connectivity index (χ3v) is 2.55. The monoisotopic (exact) mass is 253 g/mol. The standard InChI is InChI=1S/C13H19NO4/c1-4-11(13(15)16)18-12-6-5-10(17-3)7-9(12)8-14-2/h5-7,11,14H,4,8H2,1-3H3,(H,15,16). The first-order valence-corrected chi connectivity index (χ1v) is 5.83. The topological polar surface area (TPSA) is 67.8 Å². The Balaban J connectivity index is 2.95. The highest BCUT2D eigenvalue weighted by molar-refractivity contribution is 5.72. The third-order valence-electron chi connectivity index (χ3n) is 2.55. The molecule has 0 aliphatic carbocycles. The Hall–Kier alpha value is -1.75. The molecule has 1 rings (SSSR count). The van der Waals surface area contributed by atoms with Gasteiger partial charge in [0.2, 0.25) is 0 Å². The Labute approximate surface area is 107 Å². The van der Waals surface area contributed by atoms with Gasteiger partial charge in [0.25, 0.3) is 0 Å². The van der Waals surface area contributed by atoms with Crippen LogP contribution in [-0.2, 0) is 11.3 Å². The van der Waals surface area contributed by atoms with Crippen LogP contribution in [0.15, 0.2) is 18.2 Å². The number of methoxy groups -OCH3 is 1. The van der Waals surface area contributed by atoms with Gasteiger partial charge in [0.05, 0.1) is 7.11 Å². The van der Waals surface area contributed by atoms with E-state index in [0.29, 0.717) is 18.7 Å². The molecule has 100 valence electrons. The highest BCUT2D eigenvalue weighted by Crippen LogP contribution is 2.25. The van der Waals surface area contributed by atoms with Gasteiger partial charge in [-0.3, -0.25) is 0 Å². The maximum absolute atomic E-state index is 11.0. The SMILES string of the molecule is CCC(Oc1ccc(OC)cc1CNC)C(=O)O. The van der Waals surface area contributed by atoms with Crippen LogP contribution in [-0.4, -0.2) is 31.3 Å². The predicted octanol–water partition coefficient (Wildman–Crippen LogP) is 1.66. The molecule has 0 heterocycles. The molecule has 0 fully saturated rings. The van der Waals surface area contributed by atoms with Gasteiger partial charge in [-0.15, -0.1) is 0 Å². The van der Waals surface area contributed by atoms with Crippen LogP contribution in [0.5, 0.6) is 11.5 Å². The Morgan fingerprint density at radius 3 is 2.72 bits per heavy atom. The van der Waals surface area contributed by atoms with Gasteiger partial charge in [-0.1, -0.05) is 6.92 Å². The van der Waals surface area contributed by atoms with Crippen LogP contribution < -0.4 is 14.8 Å². The molecule has 2 N–H and O–H groups in total. The minimum absolute atomic E-state index is 0.417. The summed E-state index contributed by atoms with van der Waals surface area (Å²) in [4.78, 5) is 11.0. The lowest BCUT2D eigenvalue weighted by Gasteiger charge is -2.17. The summed E-state index contributed by atoms with van der Waals surface area (Å²) in [5.41, 5.74) is 0.872. The molecule has 0 amide bonds. The molecule has 1 aromatic carbocycles. The first-order valence-electron chi connectivity index (χ1n) is 5.83. The van der Waals surface area contributed by atoms with Crippen molar-refractivity contribution in [2.24, 2.45) is 0 Å². The summed E-state index contributed by atoms with van der Waals surface area (Å²) in [6, 6.07) is 5.32. The average Bonchev–Trinajstić information content (AvgIpc) is 2.37. The Morgan fingerprint density at radius 1 is 1.50 bits per heavy atom. The number of carboxylic acids is 1. The minimum Gasteiger partial charge on any atom is -0.497 e. The first-order chi connectivity index (χ1) is 8.62. The van der Waals surface area contributed by atoms with E-state index in [1.165, 1.54) is 0 Å². The fraction of sp³-hybridized carbons (Fsp3) is 0.462. The zero-order valence-corrected chi connectivity index (χ0v) is 10.9. The van der Waals surface area contributed by atoms with Crippen molar-refractivity contribution in [3.8, 4) is 11.5 Å². The zero-order valence-electron chi connectivity index (χ0n) is 10.9. The molecule has 1 aromatic rings. The van der Waals surface area contributed by atoms with Gasteiger partial charge < -0.3 is 19.9 Å². The molecular weight excluding hydrogens is 234 g/mol. The molecule has 0 saturated carbocycles. The van der Waals surface area contributed by atoms with Crippen molar-refractivity contribution >= 4 is 5.97 Å². The number of hydrogen-bond acceptors (Lipinski definition) is 4. The second kappa shape index (κ2) is 6.86. The van der Waals surface area contributed by atoms with Crippen molar-refractivity contribution in [1.82, 2.24) is 5.32 Å². The fourth-order valence-electron chi connectivity index (χ4n) is 1.59. The highest BCUT2D eigenvalue weighted by Gasteiger charge is 2.18. The van der Waals surface area contributed by atoms with E-state index in [4.69, 9.17) is 14.6 Å². The van der Waals surface area contributed by atoms with Crippen LogP contribution in [0.2, 0.25) is 0 Å². The predicted molar refractivity (Wildman–Crippen MR) is 68.1 cm³/mol. The van der Waals surface area contributed by atoms with Crippen LogP contribution in [0.4, 0.5) is 0 Å². The van der Waals surface area contributed by atoms with Gasteiger partial charge in [-0.05, 0) is 31.7 Å². The lowest BCUT2D eigenvalue weighted by atomic mass is 10.1. The second-order valence-electron chi connectivity index (χ2n) is 3.86. The van der Waals surface area contributed by atoms with Crippen molar-refractivity contribution in [2.45, 2.75) is 26.0 Å². The van der Waals surface area contributed by atoms with Crippen LogP contribution in [0, 0.1) is 0 Å². The number of carboxylic acid groups (broad SMARTS) is 1. The number of rotatable bonds is 7. The van der Waals surface area contributed by atoms with Crippen molar-refractivity contribution in [3.05, 3.63) is 23.8 Å². The molecule has 0 radical (unpaired) electrons. The maximum Gasteiger partial charge on any atom is 0.344 e. The molecule has 5 nitrogen and oxygen atoms in total. The smallest absolute Gasteiger partial charge is 0.344 e. The van der Waals surface area contributed by atoms with Crippen LogP contribution >= 0.6 is 0 Å². The molecule has 18 heavy (non-hydrogen) atoms. The summed E-state index contributed by atoms with van der Waals surface area (Å²) in [6.45, 7) is 2.36. The van der Waals surface area contributed by atoms with Crippen LogP contribution in [0.1, 0.15) is 18.9 Å². The Bertz CT molecular complexity index is 406. The molecule has 0 spiro atoms. The van der Waals surface area contributed by atoms with E-state index in [9.17, 15) is 4.79 Å². The molecule has 0 bridgehead atoms.